The number of rotatable bonds is 13. The van der Waals surface area contributed by atoms with Crippen LogP contribution in [0.4, 0.5) is 0 Å². The average molecular weight is 483 g/mol. The Morgan fingerprint density at radius 1 is 1.15 bits per heavy atom. The molecule has 8 nitrogen and oxygen atoms in total. The Balaban J connectivity index is 1.60. The molecule has 2 heterocycles. The first-order valence-electron chi connectivity index (χ1n) is 11.5. The van der Waals surface area contributed by atoms with Gasteiger partial charge in [-0.25, -0.2) is 9.78 Å². The minimum atomic E-state index is -1.10. The van der Waals surface area contributed by atoms with Gasteiger partial charge in [0.05, 0.1) is 19.5 Å². The normalized spacial score (nSPS) is 12.5. The SMILES string of the molecule is CCOC(=O)c1cn2cc(Oc3ccc(C(CC=N)NCOCC[Si](C)(C)C)cc3)ccc2n1. The summed E-state index contributed by atoms with van der Waals surface area (Å²) in [5.41, 5.74) is 1.96. The molecule has 0 aliphatic heterocycles. The minimum Gasteiger partial charge on any atom is -0.461 e. The Kier molecular flexibility index (Phi) is 8.97. The van der Waals surface area contributed by atoms with Gasteiger partial charge in [-0.15, -0.1) is 0 Å². The first-order valence-corrected chi connectivity index (χ1v) is 15.2. The van der Waals surface area contributed by atoms with Crippen LogP contribution in [0.2, 0.25) is 25.7 Å². The van der Waals surface area contributed by atoms with Crippen LogP contribution in [0.3, 0.4) is 0 Å². The molecule has 0 saturated carbocycles. The summed E-state index contributed by atoms with van der Waals surface area (Å²) in [5, 5.41) is 10.9. The number of aromatic nitrogens is 2. The van der Waals surface area contributed by atoms with Crippen LogP contribution >= 0.6 is 0 Å². The fraction of sp³-hybridized carbons (Fsp3) is 0.400. The lowest BCUT2D eigenvalue weighted by Crippen LogP contribution is -2.27. The summed E-state index contributed by atoms with van der Waals surface area (Å²) >= 11 is 0. The fourth-order valence-electron chi connectivity index (χ4n) is 3.30. The van der Waals surface area contributed by atoms with Crippen molar-refractivity contribution in [2.45, 2.75) is 45.1 Å². The van der Waals surface area contributed by atoms with E-state index in [4.69, 9.17) is 19.6 Å². The zero-order chi connectivity index (χ0) is 24.6. The van der Waals surface area contributed by atoms with Crippen LogP contribution in [0, 0.1) is 5.41 Å². The second-order valence-corrected chi connectivity index (χ2v) is 14.8. The van der Waals surface area contributed by atoms with Crippen molar-refractivity contribution in [2.24, 2.45) is 0 Å². The monoisotopic (exact) mass is 482 g/mol. The van der Waals surface area contributed by atoms with Crippen LogP contribution in [-0.4, -0.2) is 49.6 Å². The quantitative estimate of drug-likeness (QED) is 0.113. The van der Waals surface area contributed by atoms with Gasteiger partial charge in [0.1, 0.15) is 17.1 Å². The van der Waals surface area contributed by atoms with Gasteiger partial charge in [0.2, 0.25) is 0 Å². The van der Waals surface area contributed by atoms with Crippen molar-refractivity contribution in [3.05, 3.63) is 60.0 Å². The highest BCUT2D eigenvalue weighted by molar-refractivity contribution is 6.76. The molecule has 34 heavy (non-hydrogen) atoms. The molecule has 1 unspecified atom stereocenters. The largest absolute Gasteiger partial charge is 0.461 e. The number of hydrogen-bond acceptors (Lipinski definition) is 7. The Labute approximate surface area is 201 Å². The van der Waals surface area contributed by atoms with Crippen molar-refractivity contribution in [1.82, 2.24) is 14.7 Å². The highest BCUT2D eigenvalue weighted by atomic mass is 28.3. The van der Waals surface area contributed by atoms with Gasteiger partial charge in [-0.1, -0.05) is 31.8 Å². The maximum Gasteiger partial charge on any atom is 0.358 e. The van der Waals surface area contributed by atoms with Crippen LogP contribution in [0.5, 0.6) is 11.5 Å². The third kappa shape index (κ3) is 7.51. The topological polar surface area (TPSA) is 97.9 Å². The lowest BCUT2D eigenvalue weighted by Gasteiger charge is -2.19. The number of fused-ring (bicyclic) bond motifs is 1. The van der Waals surface area contributed by atoms with Crippen molar-refractivity contribution in [3.63, 3.8) is 0 Å². The second-order valence-electron chi connectivity index (χ2n) is 9.21. The standard InChI is InChI=1S/C25H34N4O4Si/c1-5-32-25(30)23-17-29-16-21(10-11-24(29)28-23)33-20-8-6-19(7-9-20)22(12-13-26)27-18-31-14-15-34(2,3)4/h6-11,13,16-17,22,26-27H,5,12,14-15,18H2,1-4H3. The third-order valence-corrected chi connectivity index (χ3v) is 6.91. The molecule has 182 valence electrons. The number of esters is 1. The summed E-state index contributed by atoms with van der Waals surface area (Å²) in [5.74, 6) is 0.866. The van der Waals surface area contributed by atoms with Crippen LogP contribution in [-0.2, 0) is 9.47 Å². The van der Waals surface area contributed by atoms with Gasteiger partial charge in [0.15, 0.2) is 5.69 Å². The first-order chi connectivity index (χ1) is 16.3. The van der Waals surface area contributed by atoms with Gasteiger partial charge < -0.3 is 24.0 Å². The van der Waals surface area contributed by atoms with E-state index in [2.05, 4.69) is 29.9 Å². The van der Waals surface area contributed by atoms with Gasteiger partial charge in [0, 0.05) is 33.3 Å². The van der Waals surface area contributed by atoms with Crippen LogP contribution in [0.25, 0.3) is 5.65 Å². The van der Waals surface area contributed by atoms with Gasteiger partial charge in [0.25, 0.3) is 0 Å². The van der Waals surface area contributed by atoms with Gasteiger partial charge >= 0.3 is 5.97 Å². The predicted octanol–water partition coefficient (Wildman–Crippen LogP) is 5.29. The van der Waals surface area contributed by atoms with E-state index in [-0.39, 0.29) is 11.7 Å². The molecule has 0 saturated heterocycles. The van der Waals surface area contributed by atoms with E-state index in [1.807, 2.05) is 30.3 Å². The number of pyridine rings is 1. The molecular formula is C25H34N4O4Si. The van der Waals surface area contributed by atoms with E-state index in [0.29, 0.717) is 36.9 Å². The molecule has 1 atom stereocenters. The Hall–Kier alpha value is -3.01. The smallest absolute Gasteiger partial charge is 0.358 e. The summed E-state index contributed by atoms with van der Waals surface area (Å²) in [6.07, 6.45) is 5.39. The van der Waals surface area contributed by atoms with Gasteiger partial charge in [-0.05, 0) is 49.0 Å². The maximum absolute atomic E-state index is 11.9. The van der Waals surface area contributed by atoms with E-state index >= 15 is 0 Å². The number of nitrogens with one attached hydrogen (secondary N) is 2. The Bertz CT molecular complexity index is 1090. The molecule has 0 aliphatic carbocycles. The van der Waals surface area contributed by atoms with Crippen molar-refractivity contribution in [1.29, 1.82) is 5.41 Å². The molecule has 2 aromatic heterocycles. The summed E-state index contributed by atoms with van der Waals surface area (Å²) in [6, 6.07) is 12.5. The summed E-state index contributed by atoms with van der Waals surface area (Å²) in [7, 11) is -1.10. The molecule has 0 fully saturated rings. The zero-order valence-electron chi connectivity index (χ0n) is 20.3. The zero-order valence-corrected chi connectivity index (χ0v) is 21.3. The number of hydrogen-bond donors (Lipinski definition) is 2. The summed E-state index contributed by atoms with van der Waals surface area (Å²) in [4.78, 5) is 16.2. The highest BCUT2D eigenvalue weighted by Gasteiger charge is 2.14. The van der Waals surface area contributed by atoms with Crippen molar-refractivity contribution in [2.75, 3.05) is 19.9 Å². The van der Waals surface area contributed by atoms with Crippen LogP contribution in [0.15, 0.2) is 48.8 Å². The molecule has 1 aromatic carbocycles. The molecule has 2 N–H and O–H groups in total. The van der Waals surface area contributed by atoms with Crippen LogP contribution in [0.1, 0.15) is 35.4 Å². The maximum atomic E-state index is 11.9. The third-order valence-electron chi connectivity index (χ3n) is 5.21. The Morgan fingerprint density at radius 3 is 2.56 bits per heavy atom. The molecular weight excluding hydrogens is 448 g/mol. The molecule has 3 aromatic rings. The van der Waals surface area contributed by atoms with E-state index in [0.717, 1.165) is 18.2 Å². The number of carbonyl (C=O) groups is 1. The predicted molar refractivity (Wildman–Crippen MR) is 136 cm³/mol. The van der Waals surface area contributed by atoms with E-state index in [9.17, 15) is 4.79 Å². The molecule has 0 bridgehead atoms. The molecule has 3 rings (SSSR count). The van der Waals surface area contributed by atoms with E-state index in [1.165, 1.54) is 6.21 Å². The summed E-state index contributed by atoms with van der Waals surface area (Å²) < 4.78 is 18.5. The number of benzene rings is 1. The van der Waals surface area contributed by atoms with Crippen molar-refractivity contribution in [3.8, 4) is 11.5 Å². The molecule has 9 heteroatoms. The molecule has 0 aliphatic rings. The second kappa shape index (κ2) is 11.9. The number of imidazole rings is 1. The number of ether oxygens (including phenoxy) is 3. The van der Waals surface area contributed by atoms with E-state index in [1.54, 1.807) is 29.8 Å². The van der Waals surface area contributed by atoms with Gasteiger partial charge in [-0.3, -0.25) is 5.32 Å². The Morgan fingerprint density at radius 2 is 1.88 bits per heavy atom. The lowest BCUT2D eigenvalue weighted by molar-refractivity contribution is 0.0520. The molecule has 0 amide bonds. The summed E-state index contributed by atoms with van der Waals surface area (Å²) in [6.45, 7) is 10.3. The van der Waals surface area contributed by atoms with E-state index < -0.39 is 14.0 Å². The highest BCUT2D eigenvalue weighted by Crippen LogP contribution is 2.25. The number of carbonyl (C=O) groups excluding carboxylic acids is 1. The van der Waals surface area contributed by atoms with Crippen LogP contribution < -0.4 is 10.1 Å². The number of nitrogens with zero attached hydrogens (tertiary/aromatic N) is 2. The molecule has 0 spiro atoms. The minimum absolute atomic E-state index is 0.00188. The van der Waals surface area contributed by atoms with Crippen molar-refractivity contribution >= 4 is 25.9 Å². The van der Waals surface area contributed by atoms with Crippen molar-refractivity contribution < 1.29 is 19.0 Å². The lowest BCUT2D eigenvalue weighted by atomic mass is 10.0. The average Bonchev–Trinajstić information content (AvgIpc) is 3.22. The molecule has 0 radical (unpaired) electrons. The van der Waals surface area contributed by atoms with Gasteiger partial charge in [-0.2, -0.15) is 0 Å². The fourth-order valence-corrected chi connectivity index (χ4v) is 4.06. The first kappa shape index (κ1) is 25.6.